The van der Waals surface area contributed by atoms with Crippen LogP contribution in [0.5, 0.6) is 0 Å². The Hall–Kier alpha value is -0.450. The molecule has 4 heteroatoms. The van der Waals surface area contributed by atoms with Crippen LogP contribution in [0.2, 0.25) is 0 Å². The molecule has 1 aliphatic rings. The first kappa shape index (κ1) is 14.9. The molecule has 0 saturated carbocycles. The van der Waals surface area contributed by atoms with E-state index in [1.165, 1.54) is 55.2 Å². The topological polar surface area (TPSA) is 28.2 Å². The lowest BCUT2D eigenvalue weighted by atomic mass is 10.1. The summed E-state index contributed by atoms with van der Waals surface area (Å²) in [6.45, 7) is 9.21. The maximum atomic E-state index is 4.48. The predicted octanol–water partition coefficient (Wildman–Crippen LogP) is 3.06. The van der Waals surface area contributed by atoms with Crippen LogP contribution in [0.4, 0.5) is 0 Å². The third-order valence-corrected chi connectivity index (χ3v) is 4.99. The zero-order chi connectivity index (χ0) is 13.5. The number of aromatic nitrogens is 1. The van der Waals surface area contributed by atoms with E-state index in [4.69, 9.17) is 0 Å². The number of likely N-dealkylation sites (tertiary alicyclic amines) is 1. The van der Waals surface area contributed by atoms with Crippen molar-refractivity contribution in [1.82, 2.24) is 15.2 Å². The molecule has 1 aliphatic heterocycles. The summed E-state index contributed by atoms with van der Waals surface area (Å²) < 4.78 is 0. The summed E-state index contributed by atoms with van der Waals surface area (Å²) in [6.07, 6.45) is 8.33. The van der Waals surface area contributed by atoms with Crippen LogP contribution in [-0.2, 0) is 13.0 Å². The molecule has 2 heterocycles. The summed E-state index contributed by atoms with van der Waals surface area (Å²) >= 11 is 1.85. The molecule has 19 heavy (non-hydrogen) atoms. The fourth-order valence-electron chi connectivity index (χ4n) is 2.72. The van der Waals surface area contributed by atoms with Crippen molar-refractivity contribution in [2.75, 3.05) is 19.6 Å². The molecule has 0 amide bonds. The first-order valence-electron chi connectivity index (χ1n) is 7.71. The van der Waals surface area contributed by atoms with Crippen LogP contribution in [0.3, 0.4) is 0 Å². The van der Waals surface area contributed by atoms with E-state index >= 15 is 0 Å². The highest BCUT2D eigenvalue weighted by atomic mass is 32.1. The number of hydrogen-bond donors (Lipinski definition) is 1. The van der Waals surface area contributed by atoms with Crippen molar-refractivity contribution in [2.45, 2.75) is 58.5 Å². The van der Waals surface area contributed by atoms with E-state index in [0.29, 0.717) is 6.04 Å². The van der Waals surface area contributed by atoms with Crippen LogP contribution < -0.4 is 5.32 Å². The van der Waals surface area contributed by atoms with Gasteiger partial charge in [0.25, 0.3) is 0 Å². The smallest absolute Gasteiger partial charge is 0.107 e. The van der Waals surface area contributed by atoms with Gasteiger partial charge in [0.05, 0.1) is 0 Å². The van der Waals surface area contributed by atoms with E-state index in [-0.39, 0.29) is 0 Å². The van der Waals surface area contributed by atoms with Crippen LogP contribution in [0.15, 0.2) is 6.20 Å². The van der Waals surface area contributed by atoms with Gasteiger partial charge in [-0.05, 0) is 51.7 Å². The van der Waals surface area contributed by atoms with Crippen LogP contribution in [0.1, 0.15) is 49.4 Å². The first-order valence-corrected chi connectivity index (χ1v) is 8.52. The molecule has 1 aromatic rings. The molecular weight excluding hydrogens is 254 g/mol. The molecule has 0 radical (unpaired) electrons. The number of nitrogens with one attached hydrogen (secondary N) is 1. The number of nitrogens with zero attached hydrogens (tertiary/aromatic N) is 2. The molecule has 0 aliphatic carbocycles. The molecule has 1 aromatic heterocycles. The molecule has 108 valence electrons. The fourth-order valence-corrected chi connectivity index (χ4v) is 3.54. The first-order chi connectivity index (χ1) is 9.31. The molecule has 1 unspecified atom stereocenters. The number of aryl methyl sites for hydroxylation is 1. The van der Waals surface area contributed by atoms with Crippen molar-refractivity contribution in [2.24, 2.45) is 0 Å². The van der Waals surface area contributed by atoms with Crippen LogP contribution >= 0.6 is 11.3 Å². The highest BCUT2D eigenvalue weighted by Crippen LogP contribution is 2.15. The lowest BCUT2D eigenvalue weighted by Gasteiger charge is -2.19. The average Bonchev–Trinajstić information content (AvgIpc) is 2.77. The van der Waals surface area contributed by atoms with Crippen LogP contribution in [0.25, 0.3) is 0 Å². The SMILES string of the molecule is CCCN1CCCC(NCc2ncc(CC)s2)CC1. The predicted molar refractivity (Wildman–Crippen MR) is 82.7 cm³/mol. The molecule has 1 atom stereocenters. The highest BCUT2D eigenvalue weighted by molar-refractivity contribution is 7.11. The van der Waals surface area contributed by atoms with E-state index in [9.17, 15) is 0 Å². The van der Waals surface area contributed by atoms with Gasteiger partial charge in [0.1, 0.15) is 5.01 Å². The normalized spacial score (nSPS) is 21.5. The molecule has 1 saturated heterocycles. The summed E-state index contributed by atoms with van der Waals surface area (Å²) in [5.41, 5.74) is 0. The Balaban J connectivity index is 1.73. The lowest BCUT2D eigenvalue weighted by molar-refractivity contribution is 0.282. The molecule has 2 rings (SSSR count). The molecule has 0 bridgehead atoms. The molecule has 3 nitrogen and oxygen atoms in total. The fraction of sp³-hybridized carbons (Fsp3) is 0.800. The van der Waals surface area contributed by atoms with Gasteiger partial charge >= 0.3 is 0 Å². The Morgan fingerprint density at radius 2 is 2.26 bits per heavy atom. The van der Waals surface area contributed by atoms with E-state index < -0.39 is 0 Å². The van der Waals surface area contributed by atoms with Gasteiger partial charge in [-0.3, -0.25) is 0 Å². The van der Waals surface area contributed by atoms with E-state index in [1.54, 1.807) is 0 Å². The van der Waals surface area contributed by atoms with Crippen molar-refractivity contribution in [1.29, 1.82) is 0 Å². The Bertz CT molecular complexity index is 364. The number of hydrogen-bond acceptors (Lipinski definition) is 4. The Labute approximate surface area is 121 Å². The summed E-state index contributed by atoms with van der Waals surface area (Å²) in [7, 11) is 0. The molecule has 0 aromatic carbocycles. The minimum atomic E-state index is 0.677. The Kier molecular flexibility index (Phi) is 6.28. The second-order valence-electron chi connectivity index (χ2n) is 5.42. The van der Waals surface area contributed by atoms with Crippen LogP contribution in [0, 0.1) is 0 Å². The van der Waals surface area contributed by atoms with Gasteiger partial charge in [-0.15, -0.1) is 11.3 Å². The number of rotatable bonds is 6. The largest absolute Gasteiger partial charge is 0.308 e. The number of thiazole rings is 1. The second kappa shape index (κ2) is 7.98. The maximum absolute atomic E-state index is 4.48. The van der Waals surface area contributed by atoms with Crippen molar-refractivity contribution in [3.05, 3.63) is 16.1 Å². The third-order valence-electron chi connectivity index (χ3n) is 3.85. The van der Waals surface area contributed by atoms with Gasteiger partial charge in [-0.1, -0.05) is 13.8 Å². The quantitative estimate of drug-likeness (QED) is 0.868. The van der Waals surface area contributed by atoms with Gasteiger partial charge in [0.2, 0.25) is 0 Å². The molecule has 0 spiro atoms. The minimum Gasteiger partial charge on any atom is -0.308 e. The third kappa shape index (κ3) is 4.86. The highest BCUT2D eigenvalue weighted by Gasteiger charge is 2.16. The van der Waals surface area contributed by atoms with Gasteiger partial charge in [0, 0.05) is 23.7 Å². The van der Waals surface area contributed by atoms with E-state index in [2.05, 4.69) is 29.0 Å². The van der Waals surface area contributed by atoms with E-state index in [0.717, 1.165) is 13.0 Å². The van der Waals surface area contributed by atoms with Crippen molar-refractivity contribution in [3.63, 3.8) is 0 Å². The molecule has 1 fully saturated rings. The Morgan fingerprint density at radius 1 is 1.37 bits per heavy atom. The molecule has 1 N–H and O–H groups in total. The summed E-state index contributed by atoms with van der Waals surface area (Å²) in [6, 6.07) is 0.677. The van der Waals surface area contributed by atoms with Gasteiger partial charge in [-0.2, -0.15) is 0 Å². The minimum absolute atomic E-state index is 0.677. The summed E-state index contributed by atoms with van der Waals surface area (Å²) in [5, 5.41) is 4.94. The van der Waals surface area contributed by atoms with Gasteiger partial charge in [-0.25, -0.2) is 4.98 Å². The molecular formula is C15H27N3S. The average molecular weight is 281 g/mol. The Morgan fingerprint density at radius 3 is 3.00 bits per heavy atom. The second-order valence-corrected chi connectivity index (χ2v) is 6.62. The van der Waals surface area contributed by atoms with Gasteiger partial charge in [0.15, 0.2) is 0 Å². The van der Waals surface area contributed by atoms with E-state index in [1.807, 2.05) is 17.5 Å². The summed E-state index contributed by atoms with van der Waals surface area (Å²) in [4.78, 5) is 8.49. The monoisotopic (exact) mass is 281 g/mol. The summed E-state index contributed by atoms with van der Waals surface area (Å²) in [5.74, 6) is 0. The van der Waals surface area contributed by atoms with Crippen molar-refractivity contribution < 1.29 is 0 Å². The maximum Gasteiger partial charge on any atom is 0.107 e. The standard InChI is InChI=1S/C15H27N3S/c1-3-8-18-9-5-6-13(7-10-18)16-12-15-17-11-14(4-2)19-15/h11,13,16H,3-10,12H2,1-2H3. The zero-order valence-corrected chi connectivity index (χ0v) is 13.1. The zero-order valence-electron chi connectivity index (χ0n) is 12.3. The lowest BCUT2D eigenvalue weighted by Crippen LogP contribution is -2.30. The van der Waals surface area contributed by atoms with Crippen molar-refractivity contribution >= 4 is 11.3 Å². The van der Waals surface area contributed by atoms with Crippen LogP contribution in [-0.4, -0.2) is 35.6 Å². The van der Waals surface area contributed by atoms with Crippen molar-refractivity contribution in [3.8, 4) is 0 Å². The van der Waals surface area contributed by atoms with Gasteiger partial charge < -0.3 is 10.2 Å².